The Kier molecular flexibility index (Phi) is 6.28. The first kappa shape index (κ1) is 19.6. The van der Waals surface area contributed by atoms with E-state index in [0.717, 1.165) is 10.0 Å². The summed E-state index contributed by atoms with van der Waals surface area (Å²) in [7, 11) is 0. The topological polar surface area (TPSA) is 82.0 Å². The second-order valence-corrected chi connectivity index (χ2v) is 7.97. The molecule has 0 saturated carbocycles. The minimum atomic E-state index is -0.387. The van der Waals surface area contributed by atoms with Gasteiger partial charge in [-0.1, -0.05) is 46.3 Å². The lowest BCUT2D eigenvalue weighted by molar-refractivity contribution is -0.133. The van der Waals surface area contributed by atoms with E-state index >= 15 is 0 Å². The molecule has 27 heavy (non-hydrogen) atoms. The van der Waals surface area contributed by atoms with Gasteiger partial charge < -0.3 is 10.0 Å². The van der Waals surface area contributed by atoms with E-state index in [9.17, 15) is 14.7 Å². The summed E-state index contributed by atoms with van der Waals surface area (Å²) in [4.78, 5) is 25.8. The molecule has 1 aliphatic heterocycles. The first-order valence-electron chi connectivity index (χ1n) is 8.26. The van der Waals surface area contributed by atoms with Crippen LogP contribution in [0.3, 0.4) is 0 Å². The van der Waals surface area contributed by atoms with Gasteiger partial charge in [0.15, 0.2) is 0 Å². The fourth-order valence-corrected chi connectivity index (χ4v) is 4.20. The Balaban J connectivity index is 1.56. The van der Waals surface area contributed by atoms with Crippen molar-refractivity contribution < 1.29 is 14.7 Å². The number of phenols is 1. The molecule has 0 radical (unpaired) electrons. The Labute approximate surface area is 173 Å². The number of hydrogen-bond donors (Lipinski definition) is 2. The Morgan fingerprint density at radius 1 is 1.30 bits per heavy atom. The van der Waals surface area contributed by atoms with E-state index in [4.69, 9.17) is 0 Å². The van der Waals surface area contributed by atoms with Crippen molar-refractivity contribution in [1.29, 1.82) is 0 Å². The van der Waals surface area contributed by atoms with Crippen molar-refractivity contribution >= 4 is 49.9 Å². The lowest BCUT2D eigenvalue weighted by Gasteiger charge is -2.15. The average molecular weight is 495 g/mol. The summed E-state index contributed by atoms with van der Waals surface area (Å²) >= 11 is 6.56. The molecule has 1 aliphatic rings. The lowest BCUT2D eigenvalue weighted by Crippen LogP contribution is -2.36. The van der Waals surface area contributed by atoms with Crippen LogP contribution in [0.25, 0.3) is 0 Å². The summed E-state index contributed by atoms with van der Waals surface area (Å²) in [5, 5.41) is 13.8. The molecule has 3 rings (SSSR count). The first-order valence-corrected chi connectivity index (χ1v) is 9.85. The highest BCUT2D eigenvalue weighted by Gasteiger charge is 2.31. The van der Waals surface area contributed by atoms with Crippen molar-refractivity contribution in [3.05, 3.63) is 62.5 Å². The molecule has 140 valence electrons. The number of phenolic OH excluding ortho intramolecular Hbond substituents is 1. The zero-order valence-electron chi connectivity index (χ0n) is 14.2. The number of rotatable bonds is 5. The maximum absolute atomic E-state index is 12.2. The average Bonchev–Trinajstić information content (AvgIpc) is 3.00. The van der Waals surface area contributed by atoms with E-state index < -0.39 is 0 Å². The fraction of sp³-hybridized carbons (Fsp3) is 0.211. The van der Waals surface area contributed by atoms with Gasteiger partial charge in [0, 0.05) is 28.9 Å². The second-order valence-electron chi connectivity index (χ2n) is 6.20. The first-order chi connectivity index (χ1) is 12.9. The van der Waals surface area contributed by atoms with Gasteiger partial charge in [-0.3, -0.25) is 9.59 Å². The molecule has 0 unspecified atom stereocenters. The summed E-state index contributed by atoms with van der Waals surface area (Å²) in [6.07, 6.45) is 1.75. The molecule has 1 atom stereocenters. The molecule has 6 nitrogen and oxygen atoms in total. The van der Waals surface area contributed by atoms with Gasteiger partial charge in [0.05, 0.1) is 10.7 Å². The zero-order valence-corrected chi connectivity index (χ0v) is 17.4. The minimum Gasteiger partial charge on any atom is -0.506 e. The molecule has 2 amide bonds. The van der Waals surface area contributed by atoms with E-state index in [1.54, 1.807) is 12.1 Å². The van der Waals surface area contributed by atoms with Gasteiger partial charge in [-0.2, -0.15) is 5.10 Å². The third-order valence-electron chi connectivity index (χ3n) is 4.27. The SMILES string of the molecule is O=C(CN1C[C@@H](c2ccccc2)CC1=O)N/N=C\c1cc(Br)cc(Br)c1O. The van der Waals surface area contributed by atoms with Gasteiger partial charge in [0.1, 0.15) is 12.3 Å². The number of likely N-dealkylation sites (tertiary alicyclic amines) is 1. The summed E-state index contributed by atoms with van der Waals surface area (Å²) in [5.41, 5.74) is 3.94. The standard InChI is InChI=1S/C19H17Br2N3O3/c20-15-6-13(19(27)16(21)8-15)9-22-23-17(25)11-24-10-14(7-18(24)26)12-4-2-1-3-5-12/h1-6,8-9,14,27H,7,10-11H2,(H,23,25)/b22-9-/t14-/m0/s1. The molecular formula is C19H17Br2N3O3. The van der Waals surface area contributed by atoms with Crippen LogP contribution in [0.15, 0.2) is 56.5 Å². The van der Waals surface area contributed by atoms with Crippen LogP contribution in [0.1, 0.15) is 23.5 Å². The monoisotopic (exact) mass is 493 g/mol. The molecule has 2 N–H and O–H groups in total. The third kappa shape index (κ3) is 4.95. The van der Waals surface area contributed by atoms with Gasteiger partial charge in [0.2, 0.25) is 5.91 Å². The second kappa shape index (κ2) is 8.67. The van der Waals surface area contributed by atoms with E-state index in [0.29, 0.717) is 23.0 Å². The summed E-state index contributed by atoms with van der Waals surface area (Å²) in [6.45, 7) is 0.465. The summed E-state index contributed by atoms with van der Waals surface area (Å²) in [6, 6.07) is 13.2. The number of halogens is 2. The lowest BCUT2D eigenvalue weighted by atomic mass is 9.99. The molecule has 0 aromatic heterocycles. The minimum absolute atomic E-state index is 0.0247. The van der Waals surface area contributed by atoms with Crippen molar-refractivity contribution in [3.8, 4) is 5.75 Å². The Morgan fingerprint density at radius 2 is 2.04 bits per heavy atom. The van der Waals surface area contributed by atoms with Crippen LogP contribution in [0.4, 0.5) is 0 Å². The van der Waals surface area contributed by atoms with Crippen LogP contribution >= 0.6 is 31.9 Å². The largest absolute Gasteiger partial charge is 0.506 e. The van der Waals surface area contributed by atoms with Crippen LogP contribution in [-0.2, 0) is 9.59 Å². The molecule has 1 fully saturated rings. The highest BCUT2D eigenvalue weighted by atomic mass is 79.9. The number of aromatic hydroxyl groups is 1. The smallest absolute Gasteiger partial charge is 0.259 e. The summed E-state index contributed by atoms with van der Waals surface area (Å²) in [5.74, 6) is -0.305. The molecule has 0 aliphatic carbocycles. The predicted octanol–water partition coefficient (Wildman–Crippen LogP) is 3.38. The fourth-order valence-electron chi connectivity index (χ4n) is 2.94. The molecule has 0 spiro atoms. The van der Waals surface area contributed by atoms with E-state index in [1.807, 2.05) is 30.3 Å². The number of carbonyl (C=O) groups excluding carboxylic acids is 2. The number of amides is 2. The number of benzene rings is 2. The number of nitrogens with zero attached hydrogens (tertiary/aromatic N) is 2. The predicted molar refractivity (Wildman–Crippen MR) is 110 cm³/mol. The third-order valence-corrected chi connectivity index (χ3v) is 5.33. The van der Waals surface area contributed by atoms with Crippen LogP contribution in [-0.4, -0.2) is 41.1 Å². The number of carbonyl (C=O) groups is 2. The Morgan fingerprint density at radius 3 is 2.78 bits per heavy atom. The highest BCUT2D eigenvalue weighted by molar-refractivity contribution is 9.11. The van der Waals surface area contributed by atoms with Crippen LogP contribution in [0, 0.1) is 0 Å². The molecule has 8 heteroatoms. The van der Waals surface area contributed by atoms with Crippen molar-refractivity contribution in [3.63, 3.8) is 0 Å². The Bertz CT molecular complexity index is 887. The van der Waals surface area contributed by atoms with Gasteiger partial charge >= 0.3 is 0 Å². The number of hydrogen-bond acceptors (Lipinski definition) is 4. The van der Waals surface area contributed by atoms with Crippen molar-refractivity contribution in [1.82, 2.24) is 10.3 Å². The van der Waals surface area contributed by atoms with Gasteiger partial charge in [-0.15, -0.1) is 0 Å². The van der Waals surface area contributed by atoms with Crippen LogP contribution in [0.5, 0.6) is 5.75 Å². The van der Waals surface area contributed by atoms with Gasteiger partial charge in [-0.25, -0.2) is 5.43 Å². The van der Waals surface area contributed by atoms with Crippen LogP contribution in [0.2, 0.25) is 0 Å². The van der Waals surface area contributed by atoms with Gasteiger partial charge in [-0.05, 0) is 33.6 Å². The van der Waals surface area contributed by atoms with E-state index in [1.165, 1.54) is 11.1 Å². The van der Waals surface area contributed by atoms with E-state index in [-0.39, 0.29) is 30.0 Å². The van der Waals surface area contributed by atoms with E-state index in [2.05, 4.69) is 42.4 Å². The maximum Gasteiger partial charge on any atom is 0.259 e. The molecule has 1 saturated heterocycles. The van der Waals surface area contributed by atoms with Crippen molar-refractivity contribution in [2.45, 2.75) is 12.3 Å². The number of nitrogens with one attached hydrogen (secondary N) is 1. The van der Waals surface area contributed by atoms with Crippen molar-refractivity contribution in [2.24, 2.45) is 5.10 Å². The van der Waals surface area contributed by atoms with Crippen LogP contribution < -0.4 is 5.43 Å². The van der Waals surface area contributed by atoms with Gasteiger partial charge in [0.25, 0.3) is 5.91 Å². The molecule has 2 aromatic carbocycles. The highest BCUT2D eigenvalue weighted by Crippen LogP contribution is 2.30. The molecule has 2 aromatic rings. The zero-order chi connectivity index (χ0) is 19.4. The Hall–Kier alpha value is -2.19. The molecule has 1 heterocycles. The number of hydrazone groups is 1. The summed E-state index contributed by atoms with van der Waals surface area (Å²) < 4.78 is 1.27. The quantitative estimate of drug-likeness (QED) is 0.493. The molecule has 0 bridgehead atoms. The maximum atomic E-state index is 12.2. The molecular weight excluding hydrogens is 478 g/mol. The van der Waals surface area contributed by atoms with Crippen molar-refractivity contribution in [2.75, 3.05) is 13.1 Å². The normalized spacial score (nSPS) is 16.9.